The highest BCUT2D eigenvalue weighted by Crippen LogP contribution is 2.28. The molecular formula is C30H22N2O5S. The number of furan rings is 1. The van der Waals surface area contributed by atoms with Gasteiger partial charge in [-0.15, -0.1) is 0 Å². The molecule has 0 unspecified atom stereocenters. The summed E-state index contributed by atoms with van der Waals surface area (Å²) in [4.78, 5) is 22.6. The second-order valence-electron chi connectivity index (χ2n) is 8.40. The zero-order chi connectivity index (χ0) is 26.5. The maximum absolute atomic E-state index is 13.6. The summed E-state index contributed by atoms with van der Waals surface area (Å²) in [6, 6.07) is 28.9. The summed E-state index contributed by atoms with van der Waals surface area (Å²) in [5.74, 6) is -0.182. The molecule has 8 heteroatoms. The first kappa shape index (κ1) is 24.9. The number of allylic oxidation sites excluding steroid dienone is 1. The third-order valence-corrected chi connectivity index (χ3v) is 6.87. The molecule has 0 atom stereocenters. The minimum atomic E-state index is -4.21. The maximum Gasteiger partial charge on any atom is 0.340 e. The Morgan fingerprint density at radius 1 is 0.842 bits per heavy atom. The molecule has 0 fully saturated rings. The van der Waals surface area contributed by atoms with Crippen molar-refractivity contribution in [1.29, 1.82) is 0 Å². The highest BCUT2D eigenvalue weighted by molar-refractivity contribution is 7.87. The molecular weight excluding hydrogens is 500 g/mol. The lowest BCUT2D eigenvalue weighted by Gasteiger charge is -2.12. The molecule has 0 bridgehead atoms. The Bertz CT molecular complexity index is 1700. The maximum atomic E-state index is 13.6. The van der Waals surface area contributed by atoms with E-state index in [1.807, 2.05) is 37.3 Å². The number of ketones is 1. The number of aryl methyl sites for hydroxylation is 1. The van der Waals surface area contributed by atoms with E-state index in [9.17, 15) is 13.2 Å². The van der Waals surface area contributed by atoms with Crippen LogP contribution in [0.3, 0.4) is 0 Å². The second-order valence-corrected chi connectivity index (χ2v) is 9.95. The Morgan fingerprint density at radius 2 is 1.53 bits per heavy atom. The van der Waals surface area contributed by atoms with Gasteiger partial charge in [0.15, 0.2) is 11.6 Å². The molecule has 2 aromatic heterocycles. The van der Waals surface area contributed by atoms with Crippen LogP contribution in [0.15, 0.2) is 119 Å². The van der Waals surface area contributed by atoms with Crippen molar-refractivity contribution in [2.75, 3.05) is 0 Å². The van der Waals surface area contributed by atoms with Gasteiger partial charge in [0.25, 0.3) is 0 Å². The summed E-state index contributed by atoms with van der Waals surface area (Å²) in [7, 11) is -4.21. The number of carbonyl (C=O) groups excluding carboxylic acids is 1. The van der Waals surface area contributed by atoms with E-state index in [0.29, 0.717) is 22.6 Å². The van der Waals surface area contributed by atoms with Crippen molar-refractivity contribution in [2.24, 2.45) is 0 Å². The van der Waals surface area contributed by atoms with Gasteiger partial charge in [0.1, 0.15) is 10.7 Å². The van der Waals surface area contributed by atoms with E-state index in [2.05, 4.69) is 9.97 Å². The molecule has 2 heterocycles. The van der Waals surface area contributed by atoms with Gasteiger partial charge in [-0.25, -0.2) is 4.98 Å². The normalized spacial score (nSPS) is 11.8. The Morgan fingerprint density at radius 3 is 2.18 bits per heavy atom. The van der Waals surface area contributed by atoms with E-state index < -0.39 is 10.1 Å². The Kier molecular flexibility index (Phi) is 6.97. The van der Waals surface area contributed by atoms with Gasteiger partial charge < -0.3 is 8.60 Å². The molecule has 0 spiro atoms. The zero-order valence-corrected chi connectivity index (χ0v) is 21.1. The predicted molar refractivity (Wildman–Crippen MR) is 144 cm³/mol. The van der Waals surface area contributed by atoms with Crippen LogP contribution in [0.25, 0.3) is 22.9 Å². The second kappa shape index (κ2) is 10.7. The SMILES string of the molecule is Cc1ccc(S(=O)(=O)Oc2cc(-c3ccccc3)nc(C(=Cc3ccco3)C(=O)c3ccccc3)n2)cc1. The molecule has 0 N–H and O–H groups in total. The van der Waals surface area contributed by atoms with Gasteiger partial charge in [0.05, 0.1) is 17.5 Å². The van der Waals surface area contributed by atoms with E-state index in [-0.39, 0.29) is 28.0 Å². The number of nitrogens with zero attached hydrogens (tertiary/aromatic N) is 2. The number of Topliss-reactive ketones (excluding diaryl/α,β-unsaturated/α-hetero) is 1. The van der Waals surface area contributed by atoms with Gasteiger partial charge in [-0.1, -0.05) is 78.4 Å². The molecule has 0 aliphatic heterocycles. The van der Waals surface area contributed by atoms with Crippen molar-refractivity contribution in [1.82, 2.24) is 9.97 Å². The van der Waals surface area contributed by atoms with Crippen LogP contribution in [0.1, 0.15) is 27.5 Å². The molecule has 38 heavy (non-hydrogen) atoms. The van der Waals surface area contributed by atoms with Gasteiger partial charge >= 0.3 is 10.1 Å². The molecule has 5 rings (SSSR count). The first-order chi connectivity index (χ1) is 18.4. The monoisotopic (exact) mass is 522 g/mol. The average molecular weight is 523 g/mol. The van der Waals surface area contributed by atoms with E-state index in [1.165, 1.54) is 30.5 Å². The Balaban J connectivity index is 1.66. The summed E-state index contributed by atoms with van der Waals surface area (Å²) in [5, 5.41) is 0. The minimum Gasteiger partial charge on any atom is -0.465 e. The highest BCUT2D eigenvalue weighted by atomic mass is 32.2. The molecule has 3 aromatic carbocycles. The van der Waals surface area contributed by atoms with Gasteiger partial charge in [-0.3, -0.25) is 4.79 Å². The van der Waals surface area contributed by atoms with Crippen LogP contribution in [-0.2, 0) is 10.1 Å². The van der Waals surface area contributed by atoms with Crippen LogP contribution in [-0.4, -0.2) is 24.2 Å². The van der Waals surface area contributed by atoms with Crippen molar-refractivity contribution in [3.8, 4) is 17.1 Å². The predicted octanol–water partition coefficient (Wildman–Crippen LogP) is 6.24. The van der Waals surface area contributed by atoms with Crippen molar-refractivity contribution in [3.63, 3.8) is 0 Å². The molecule has 0 radical (unpaired) electrons. The number of aromatic nitrogens is 2. The summed E-state index contributed by atoms with van der Waals surface area (Å²) in [6.07, 6.45) is 3.01. The van der Waals surface area contributed by atoms with Crippen LogP contribution < -0.4 is 4.18 Å². The van der Waals surface area contributed by atoms with Crippen molar-refractivity contribution in [3.05, 3.63) is 132 Å². The first-order valence-electron chi connectivity index (χ1n) is 11.7. The summed E-state index contributed by atoms with van der Waals surface area (Å²) < 4.78 is 37.1. The Hall–Kier alpha value is -4.82. The minimum absolute atomic E-state index is 0.00860. The summed E-state index contributed by atoms with van der Waals surface area (Å²) in [6.45, 7) is 1.86. The molecule has 0 saturated carbocycles. The quantitative estimate of drug-likeness (QED) is 0.135. The summed E-state index contributed by atoms with van der Waals surface area (Å²) >= 11 is 0. The third-order valence-electron chi connectivity index (χ3n) is 5.63. The largest absolute Gasteiger partial charge is 0.465 e. The molecule has 0 aliphatic carbocycles. The fraction of sp³-hybridized carbons (Fsp3) is 0.0333. The zero-order valence-electron chi connectivity index (χ0n) is 20.3. The lowest BCUT2D eigenvalue weighted by atomic mass is 10.0. The van der Waals surface area contributed by atoms with Gasteiger partial charge in [0, 0.05) is 17.2 Å². The highest BCUT2D eigenvalue weighted by Gasteiger charge is 2.23. The van der Waals surface area contributed by atoms with Crippen LogP contribution >= 0.6 is 0 Å². The van der Waals surface area contributed by atoms with Crippen LogP contribution in [0.4, 0.5) is 0 Å². The third kappa shape index (κ3) is 5.61. The average Bonchev–Trinajstić information content (AvgIpc) is 3.45. The fourth-order valence-electron chi connectivity index (χ4n) is 3.70. The molecule has 188 valence electrons. The van der Waals surface area contributed by atoms with Crippen LogP contribution in [0, 0.1) is 6.92 Å². The van der Waals surface area contributed by atoms with E-state index in [1.54, 1.807) is 54.6 Å². The number of hydrogen-bond donors (Lipinski definition) is 0. The van der Waals surface area contributed by atoms with E-state index >= 15 is 0 Å². The number of carbonyl (C=O) groups is 1. The van der Waals surface area contributed by atoms with E-state index in [4.69, 9.17) is 8.60 Å². The van der Waals surface area contributed by atoms with Crippen molar-refractivity contribution < 1.29 is 21.8 Å². The van der Waals surface area contributed by atoms with Gasteiger partial charge in [0.2, 0.25) is 5.88 Å². The molecule has 0 aliphatic rings. The summed E-state index contributed by atoms with van der Waals surface area (Å²) in [5.41, 5.74) is 2.51. The number of benzene rings is 3. The molecule has 5 aromatic rings. The molecule has 0 saturated heterocycles. The topological polar surface area (TPSA) is 99.4 Å². The lowest BCUT2D eigenvalue weighted by molar-refractivity contribution is 0.105. The van der Waals surface area contributed by atoms with Crippen LogP contribution in [0.2, 0.25) is 0 Å². The Labute approximate surface area is 220 Å². The van der Waals surface area contributed by atoms with Gasteiger partial charge in [-0.05, 0) is 37.3 Å². The number of hydrogen-bond acceptors (Lipinski definition) is 7. The number of rotatable bonds is 8. The lowest BCUT2D eigenvalue weighted by Crippen LogP contribution is -2.13. The fourth-order valence-corrected chi connectivity index (χ4v) is 4.58. The van der Waals surface area contributed by atoms with Crippen molar-refractivity contribution in [2.45, 2.75) is 11.8 Å². The van der Waals surface area contributed by atoms with Crippen molar-refractivity contribution >= 4 is 27.6 Å². The molecule has 0 amide bonds. The first-order valence-corrected chi connectivity index (χ1v) is 13.1. The van der Waals surface area contributed by atoms with Crippen LogP contribution in [0.5, 0.6) is 5.88 Å². The standard InChI is InChI=1S/C30H22N2O5S/c1-21-14-16-25(17-15-21)38(34,35)37-28-20-27(22-9-4-2-5-10-22)31-30(32-28)26(19-24-13-8-18-36-24)29(33)23-11-6-3-7-12-23/h2-20H,1H3. The smallest absolute Gasteiger partial charge is 0.340 e. The van der Waals surface area contributed by atoms with E-state index in [0.717, 1.165) is 5.56 Å². The van der Waals surface area contributed by atoms with Gasteiger partial charge in [-0.2, -0.15) is 13.4 Å². The molecule has 7 nitrogen and oxygen atoms in total.